The van der Waals surface area contributed by atoms with Crippen LogP contribution in [0.3, 0.4) is 0 Å². The van der Waals surface area contributed by atoms with Crippen molar-refractivity contribution in [1.29, 1.82) is 0 Å². The van der Waals surface area contributed by atoms with Crippen LogP contribution in [0.2, 0.25) is 0 Å². The lowest BCUT2D eigenvalue weighted by Crippen LogP contribution is -3.00. The first kappa shape index (κ1) is 22.6. The monoisotopic (exact) mass is 410 g/mol. The SMILES string of the molecule is CC(C)(C)c1ccc([S+](c2ccccc2)c2ccc(C(C)(C)C)cc2)cc1.[Cl-]. The minimum atomic E-state index is -0.0847. The zero-order valence-corrected chi connectivity index (χ0v) is 19.4. The molecule has 0 fully saturated rings. The summed E-state index contributed by atoms with van der Waals surface area (Å²) in [6.07, 6.45) is 0. The molecular formula is C26H31ClS. The summed E-state index contributed by atoms with van der Waals surface area (Å²) in [7, 11) is -0.0847. The Kier molecular flexibility index (Phi) is 7.07. The Bertz CT molecular complexity index is 809. The van der Waals surface area contributed by atoms with Gasteiger partial charge in [0.1, 0.15) is 0 Å². The molecule has 0 saturated heterocycles. The molecule has 0 spiro atoms. The fourth-order valence-electron chi connectivity index (χ4n) is 3.15. The zero-order valence-electron chi connectivity index (χ0n) is 17.8. The average Bonchev–Trinajstić information content (AvgIpc) is 2.62. The van der Waals surface area contributed by atoms with E-state index in [1.165, 1.54) is 25.8 Å². The highest BCUT2D eigenvalue weighted by Gasteiger charge is 2.29. The van der Waals surface area contributed by atoms with Gasteiger partial charge in [-0.25, -0.2) is 0 Å². The third-order valence-corrected chi connectivity index (χ3v) is 7.12. The van der Waals surface area contributed by atoms with E-state index in [0.717, 1.165) is 0 Å². The van der Waals surface area contributed by atoms with Crippen molar-refractivity contribution >= 4 is 10.9 Å². The van der Waals surface area contributed by atoms with Crippen LogP contribution >= 0.6 is 0 Å². The summed E-state index contributed by atoms with van der Waals surface area (Å²) in [6, 6.07) is 29.3. The molecule has 0 bridgehead atoms. The molecule has 3 aromatic carbocycles. The van der Waals surface area contributed by atoms with Crippen molar-refractivity contribution in [2.45, 2.75) is 67.1 Å². The van der Waals surface area contributed by atoms with Gasteiger partial charge in [-0.05, 0) is 58.4 Å². The highest BCUT2D eigenvalue weighted by Crippen LogP contribution is 2.34. The minimum Gasteiger partial charge on any atom is -1.00 e. The summed E-state index contributed by atoms with van der Waals surface area (Å²) < 4.78 is 0. The van der Waals surface area contributed by atoms with Crippen molar-refractivity contribution in [2.24, 2.45) is 0 Å². The van der Waals surface area contributed by atoms with Crippen molar-refractivity contribution in [3.05, 3.63) is 90.0 Å². The summed E-state index contributed by atoms with van der Waals surface area (Å²) in [6.45, 7) is 13.6. The quantitative estimate of drug-likeness (QED) is 0.562. The van der Waals surface area contributed by atoms with Crippen LogP contribution in [0.1, 0.15) is 52.7 Å². The van der Waals surface area contributed by atoms with E-state index in [1.807, 2.05) is 0 Å². The molecule has 3 rings (SSSR count). The molecule has 2 heteroatoms. The van der Waals surface area contributed by atoms with Crippen molar-refractivity contribution < 1.29 is 12.4 Å². The lowest BCUT2D eigenvalue weighted by Gasteiger charge is -2.20. The average molecular weight is 411 g/mol. The first-order chi connectivity index (χ1) is 12.7. The fraction of sp³-hybridized carbons (Fsp3) is 0.308. The van der Waals surface area contributed by atoms with Gasteiger partial charge >= 0.3 is 0 Å². The second-order valence-corrected chi connectivity index (χ2v) is 11.2. The van der Waals surface area contributed by atoms with Gasteiger partial charge in [0.15, 0.2) is 14.7 Å². The second-order valence-electron chi connectivity index (χ2n) is 9.17. The number of benzene rings is 3. The molecule has 0 nitrogen and oxygen atoms in total. The summed E-state index contributed by atoms with van der Waals surface area (Å²) in [5.41, 5.74) is 3.12. The molecule has 0 radical (unpaired) electrons. The number of halogens is 1. The molecule has 0 aliphatic carbocycles. The van der Waals surface area contributed by atoms with Crippen LogP contribution in [0.25, 0.3) is 0 Å². The van der Waals surface area contributed by atoms with E-state index >= 15 is 0 Å². The standard InChI is InChI=1S/C26H31S.ClH/c1-25(2,3)20-12-16-23(17-13-20)27(22-10-8-7-9-11-22)24-18-14-21(15-19-24)26(4,5)6;/h7-19H,1-6H3;1H/q+1;/p-1. The Labute approximate surface area is 180 Å². The first-order valence-electron chi connectivity index (χ1n) is 9.67. The van der Waals surface area contributed by atoms with Crippen LogP contribution in [0.15, 0.2) is 93.5 Å². The zero-order chi connectivity index (χ0) is 19.7. The third kappa shape index (κ3) is 5.21. The molecule has 0 amide bonds. The Hall–Kier alpha value is -1.70. The maximum Gasteiger partial charge on any atom is 0.166 e. The predicted octanol–water partition coefficient (Wildman–Crippen LogP) is 4.38. The van der Waals surface area contributed by atoms with Gasteiger partial charge in [0, 0.05) is 0 Å². The van der Waals surface area contributed by atoms with Crippen LogP contribution in [-0.4, -0.2) is 0 Å². The van der Waals surface area contributed by atoms with Gasteiger partial charge in [-0.15, -0.1) is 0 Å². The lowest BCUT2D eigenvalue weighted by molar-refractivity contribution is -0.00000636. The van der Waals surface area contributed by atoms with Gasteiger partial charge in [0.05, 0.1) is 10.9 Å². The third-order valence-electron chi connectivity index (χ3n) is 4.89. The summed E-state index contributed by atoms with van der Waals surface area (Å²) >= 11 is 0. The van der Waals surface area contributed by atoms with Crippen molar-refractivity contribution in [2.75, 3.05) is 0 Å². The molecule has 0 aromatic heterocycles. The highest BCUT2D eigenvalue weighted by molar-refractivity contribution is 7.97. The van der Waals surface area contributed by atoms with Gasteiger partial charge in [-0.3, -0.25) is 0 Å². The number of hydrogen-bond acceptors (Lipinski definition) is 0. The van der Waals surface area contributed by atoms with Crippen LogP contribution in [0.5, 0.6) is 0 Å². The van der Waals surface area contributed by atoms with Gasteiger partial charge in [0.25, 0.3) is 0 Å². The topological polar surface area (TPSA) is 0 Å². The highest BCUT2D eigenvalue weighted by atomic mass is 35.5. The Balaban J connectivity index is 0.00000280. The largest absolute Gasteiger partial charge is 1.00 e. The Morgan fingerprint density at radius 1 is 0.464 bits per heavy atom. The summed E-state index contributed by atoms with van der Waals surface area (Å²) in [5.74, 6) is 0. The minimum absolute atomic E-state index is 0. The van der Waals surface area contributed by atoms with Gasteiger partial charge < -0.3 is 12.4 Å². The molecule has 0 saturated carbocycles. The summed E-state index contributed by atoms with van der Waals surface area (Å²) in [5, 5.41) is 0. The van der Waals surface area contributed by atoms with E-state index < -0.39 is 0 Å². The first-order valence-corrected chi connectivity index (χ1v) is 10.9. The van der Waals surface area contributed by atoms with E-state index in [2.05, 4.69) is 120 Å². The van der Waals surface area contributed by atoms with Crippen molar-refractivity contribution in [3.63, 3.8) is 0 Å². The van der Waals surface area contributed by atoms with Crippen LogP contribution < -0.4 is 12.4 Å². The normalized spacial score (nSPS) is 12.0. The molecule has 0 N–H and O–H groups in total. The molecule has 0 aliphatic rings. The van der Waals surface area contributed by atoms with Crippen LogP contribution in [0, 0.1) is 0 Å². The Morgan fingerprint density at radius 2 is 0.786 bits per heavy atom. The predicted molar refractivity (Wildman–Crippen MR) is 119 cm³/mol. The number of rotatable bonds is 3. The van der Waals surface area contributed by atoms with E-state index in [0.29, 0.717) is 0 Å². The van der Waals surface area contributed by atoms with Crippen molar-refractivity contribution in [1.82, 2.24) is 0 Å². The van der Waals surface area contributed by atoms with E-state index in [4.69, 9.17) is 0 Å². The molecule has 0 aliphatic heterocycles. The van der Waals surface area contributed by atoms with E-state index in [-0.39, 0.29) is 34.1 Å². The van der Waals surface area contributed by atoms with Crippen LogP contribution in [-0.2, 0) is 21.7 Å². The molecule has 0 atom stereocenters. The van der Waals surface area contributed by atoms with Crippen LogP contribution in [0.4, 0.5) is 0 Å². The van der Waals surface area contributed by atoms with E-state index in [9.17, 15) is 0 Å². The molecule has 0 heterocycles. The molecule has 0 unspecified atom stereocenters. The lowest BCUT2D eigenvalue weighted by atomic mass is 9.87. The maximum absolute atomic E-state index is 2.31. The van der Waals surface area contributed by atoms with Crippen molar-refractivity contribution in [3.8, 4) is 0 Å². The maximum atomic E-state index is 2.31. The molecule has 3 aromatic rings. The van der Waals surface area contributed by atoms with Gasteiger partial charge in [-0.1, -0.05) is 84.0 Å². The van der Waals surface area contributed by atoms with Gasteiger partial charge in [-0.2, -0.15) is 0 Å². The smallest absolute Gasteiger partial charge is 0.166 e. The second kappa shape index (κ2) is 8.76. The van der Waals surface area contributed by atoms with Gasteiger partial charge in [0.2, 0.25) is 0 Å². The fourth-order valence-corrected chi connectivity index (χ4v) is 5.21. The number of hydrogen-bond donors (Lipinski definition) is 0. The molecular weight excluding hydrogens is 380 g/mol. The molecule has 28 heavy (non-hydrogen) atoms. The van der Waals surface area contributed by atoms with E-state index in [1.54, 1.807) is 0 Å². The molecule has 148 valence electrons. The summed E-state index contributed by atoms with van der Waals surface area (Å²) in [4.78, 5) is 4.11. The Morgan fingerprint density at radius 3 is 1.11 bits per heavy atom.